The number of benzene rings is 2. The first-order valence-electron chi connectivity index (χ1n) is 11.3. The molecule has 1 unspecified atom stereocenters. The number of aryl methyl sites for hydroxylation is 1. The van der Waals surface area contributed by atoms with Crippen LogP contribution in [-0.4, -0.2) is 56.1 Å². The maximum atomic E-state index is 13.2. The predicted octanol–water partition coefficient (Wildman–Crippen LogP) is 3.48. The minimum Gasteiger partial charge on any atom is -0.497 e. The molecule has 8 nitrogen and oxygen atoms in total. The van der Waals surface area contributed by atoms with E-state index in [0.717, 1.165) is 17.1 Å². The number of aromatic nitrogens is 1. The summed E-state index contributed by atoms with van der Waals surface area (Å²) < 4.78 is 36.6. The van der Waals surface area contributed by atoms with Gasteiger partial charge in [0.05, 0.1) is 30.2 Å². The molecule has 35 heavy (non-hydrogen) atoms. The van der Waals surface area contributed by atoms with E-state index in [-0.39, 0.29) is 11.5 Å². The lowest BCUT2D eigenvalue weighted by Gasteiger charge is -2.28. The second-order valence-corrected chi connectivity index (χ2v) is 10.8. The lowest BCUT2D eigenvalue weighted by molar-refractivity contribution is -0.122. The fraction of sp³-hybridized carbons (Fsp3) is 0.308. The van der Waals surface area contributed by atoms with Gasteiger partial charge in [-0.05, 0) is 62.7 Å². The number of anilines is 1. The topological polar surface area (TPSA) is 94.9 Å². The Bertz CT molecular complexity index is 1330. The van der Waals surface area contributed by atoms with Gasteiger partial charge in [0, 0.05) is 22.8 Å². The van der Waals surface area contributed by atoms with Crippen LogP contribution in [0.2, 0.25) is 0 Å². The molecule has 0 spiro atoms. The van der Waals surface area contributed by atoms with E-state index in [2.05, 4.69) is 0 Å². The summed E-state index contributed by atoms with van der Waals surface area (Å²) in [6.07, 6.45) is 0.347. The van der Waals surface area contributed by atoms with Crippen LogP contribution >= 0.6 is 0 Å². The van der Waals surface area contributed by atoms with Crippen LogP contribution in [0.15, 0.2) is 60.7 Å². The predicted molar refractivity (Wildman–Crippen MR) is 133 cm³/mol. The molecule has 0 bridgehead atoms. The van der Waals surface area contributed by atoms with E-state index in [1.165, 1.54) is 4.90 Å². The highest BCUT2D eigenvalue weighted by Gasteiger charge is 2.36. The second-order valence-electron chi connectivity index (χ2n) is 8.55. The largest absolute Gasteiger partial charge is 0.497 e. The van der Waals surface area contributed by atoms with Crippen LogP contribution in [0.3, 0.4) is 0 Å². The van der Waals surface area contributed by atoms with Crippen LogP contribution in [0.5, 0.6) is 5.75 Å². The normalized spacial score (nSPS) is 16.6. The van der Waals surface area contributed by atoms with Crippen molar-refractivity contribution in [2.24, 2.45) is 0 Å². The second kappa shape index (κ2) is 9.95. The van der Waals surface area contributed by atoms with Crippen LogP contribution in [0, 0.1) is 13.8 Å². The first-order chi connectivity index (χ1) is 16.7. The Labute approximate surface area is 205 Å². The zero-order valence-corrected chi connectivity index (χ0v) is 20.7. The van der Waals surface area contributed by atoms with Crippen molar-refractivity contribution in [1.29, 1.82) is 0 Å². The van der Waals surface area contributed by atoms with E-state index in [4.69, 9.17) is 9.47 Å². The van der Waals surface area contributed by atoms with Gasteiger partial charge >= 0.3 is 5.97 Å². The number of hydrogen-bond donors (Lipinski definition) is 0. The Kier molecular flexibility index (Phi) is 6.98. The molecule has 0 saturated carbocycles. The fourth-order valence-corrected chi connectivity index (χ4v) is 6.20. The van der Waals surface area contributed by atoms with E-state index >= 15 is 0 Å². The lowest BCUT2D eigenvalue weighted by Crippen LogP contribution is -2.43. The summed E-state index contributed by atoms with van der Waals surface area (Å²) in [5, 5.41) is 0. The van der Waals surface area contributed by atoms with Crippen molar-refractivity contribution in [2.75, 3.05) is 30.1 Å². The van der Waals surface area contributed by atoms with Crippen LogP contribution in [0.25, 0.3) is 5.69 Å². The molecule has 1 saturated heterocycles. The van der Waals surface area contributed by atoms with E-state index in [1.807, 2.05) is 48.7 Å². The fourth-order valence-electron chi connectivity index (χ4n) is 4.50. The molecule has 2 aromatic carbocycles. The van der Waals surface area contributed by atoms with Crippen LogP contribution < -0.4 is 9.64 Å². The Hall–Kier alpha value is -3.59. The molecule has 1 aliphatic heterocycles. The third-order valence-corrected chi connectivity index (χ3v) is 7.94. The van der Waals surface area contributed by atoms with Crippen molar-refractivity contribution in [2.45, 2.75) is 26.3 Å². The number of amides is 1. The Morgan fingerprint density at radius 2 is 1.74 bits per heavy atom. The number of sulfone groups is 1. The first kappa shape index (κ1) is 24.5. The van der Waals surface area contributed by atoms with Gasteiger partial charge in [0.15, 0.2) is 16.4 Å². The molecule has 0 N–H and O–H groups in total. The molecule has 1 fully saturated rings. The summed E-state index contributed by atoms with van der Waals surface area (Å²) in [5.41, 5.74) is 3.34. The van der Waals surface area contributed by atoms with Gasteiger partial charge in [-0.2, -0.15) is 0 Å². The highest BCUT2D eigenvalue weighted by Crippen LogP contribution is 2.26. The third-order valence-electron chi connectivity index (χ3n) is 6.19. The minimum atomic E-state index is -3.21. The SMILES string of the molecule is COc1ccc(-n2c(C)cc(C(=O)OCC(=O)N(c3ccccc3)C3CCS(=O)(=O)C3)c2C)cc1. The molecule has 4 rings (SSSR count). The number of nitrogens with zero attached hydrogens (tertiary/aromatic N) is 2. The number of methoxy groups -OCH3 is 1. The van der Waals surface area contributed by atoms with Gasteiger partial charge in [0.25, 0.3) is 5.91 Å². The van der Waals surface area contributed by atoms with Crippen molar-refractivity contribution < 1.29 is 27.5 Å². The van der Waals surface area contributed by atoms with Gasteiger partial charge in [-0.1, -0.05) is 18.2 Å². The highest BCUT2D eigenvalue weighted by atomic mass is 32.2. The monoisotopic (exact) mass is 496 g/mol. The third kappa shape index (κ3) is 5.24. The zero-order valence-electron chi connectivity index (χ0n) is 19.9. The van der Waals surface area contributed by atoms with Crippen molar-refractivity contribution in [3.8, 4) is 11.4 Å². The Morgan fingerprint density at radius 1 is 1.06 bits per heavy atom. The maximum absolute atomic E-state index is 13.2. The number of carbonyl (C=O) groups excluding carboxylic acids is 2. The molecule has 1 atom stereocenters. The van der Waals surface area contributed by atoms with E-state index in [1.54, 1.807) is 37.4 Å². The molecule has 1 amide bonds. The van der Waals surface area contributed by atoms with Gasteiger partial charge in [-0.25, -0.2) is 13.2 Å². The van der Waals surface area contributed by atoms with Gasteiger partial charge in [-0.3, -0.25) is 4.79 Å². The molecular weight excluding hydrogens is 468 g/mol. The molecule has 1 aliphatic rings. The molecule has 1 aromatic heterocycles. The van der Waals surface area contributed by atoms with Gasteiger partial charge in [0.2, 0.25) is 0 Å². The molecule has 9 heteroatoms. The number of hydrogen-bond acceptors (Lipinski definition) is 6. The van der Waals surface area contributed by atoms with E-state index in [0.29, 0.717) is 23.4 Å². The summed E-state index contributed by atoms with van der Waals surface area (Å²) >= 11 is 0. The highest BCUT2D eigenvalue weighted by molar-refractivity contribution is 7.91. The van der Waals surface area contributed by atoms with Crippen molar-refractivity contribution in [1.82, 2.24) is 4.57 Å². The smallest absolute Gasteiger partial charge is 0.340 e. The minimum absolute atomic E-state index is 0.0332. The summed E-state index contributed by atoms with van der Waals surface area (Å²) in [5.74, 6) is -0.419. The van der Waals surface area contributed by atoms with E-state index < -0.39 is 34.4 Å². The van der Waals surface area contributed by atoms with Gasteiger partial charge < -0.3 is 18.9 Å². The quantitative estimate of drug-likeness (QED) is 0.465. The number of esters is 1. The number of para-hydroxylation sites is 1. The Balaban J connectivity index is 1.51. The van der Waals surface area contributed by atoms with Crippen molar-refractivity contribution in [3.63, 3.8) is 0 Å². The maximum Gasteiger partial charge on any atom is 0.340 e. The number of ether oxygens (including phenoxy) is 2. The van der Waals surface area contributed by atoms with Crippen LogP contribution in [0.4, 0.5) is 5.69 Å². The molecule has 2 heterocycles. The summed E-state index contributed by atoms with van der Waals surface area (Å²) in [6.45, 7) is 3.21. The van der Waals surface area contributed by atoms with Crippen LogP contribution in [-0.2, 0) is 19.4 Å². The molecular formula is C26H28N2O6S. The number of rotatable bonds is 7. The van der Waals surface area contributed by atoms with Gasteiger partial charge in [0.1, 0.15) is 5.75 Å². The van der Waals surface area contributed by atoms with Crippen molar-refractivity contribution >= 4 is 27.4 Å². The molecule has 3 aromatic rings. The molecule has 0 radical (unpaired) electrons. The average Bonchev–Trinajstić information content (AvgIpc) is 3.35. The van der Waals surface area contributed by atoms with E-state index in [9.17, 15) is 18.0 Å². The Morgan fingerprint density at radius 3 is 2.34 bits per heavy atom. The summed E-state index contributed by atoms with van der Waals surface area (Å²) in [6, 6.07) is 17.6. The molecule has 184 valence electrons. The van der Waals surface area contributed by atoms with Crippen molar-refractivity contribution in [3.05, 3.63) is 77.6 Å². The molecule has 0 aliphatic carbocycles. The summed E-state index contributed by atoms with van der Waals surface area (Å²) in [4.78, 5) is 27.5. The average molecular weight is 497 g/mol. The first-order valence-corrected chi connectivity index (χ1v) is 13.1. The van der Waals surface area contributed by atoms with Gasteiger partial charge in [-0.15, -0.1) is 0 Å². The van der Waals surface area contributed by atoms with Crippen LogP contribution in [0.1, 0.15) is 28.2 Å². The summed E-state index contributed by atoms with van der Waals surface area (Å²) in [7, 11) is -1.61. The number of carbonyl (C=O) groups is 2. The zero-order chi connectivity index (χ0) is 25.2. The standard InChI is InChI=1S/C26H28N2O6S/c1-18-15-24(19(2)27(18)21-9-11-23(33-3)12-10-21)26(30)34-16-25(29)28(20-7-5-4-6-8-20)22-13-14-35(31,32)17-22/h4-12,15,22H,13-14,16-17H2,1-3H3. The lowest BCUT2D eigenvalue weighted by atomic mass is 10.2.